The highest BCUT2D eigenvalue weighted by atomic mass is 16.6. The number of piperidine rings is 1. The molecule has 2 aliphatic rings. The number of likely N-dealkylation sites (N-methyl/N-ethyl adjacent to an activating group) is 1. The molecule has 0 aliphatic carbocycles. The summed E-state index contributed by atoms with van der Waals surface area (Å²) in [5, 5.41) is 20.4. The van der Waals surface area contributed by atoms with Gasteiger partial charge in [0.2, 0.25) is 0 Å². The second-order valence-corrected chi connectivity index (χ2v) is 8.34. The molecular formula is C23H34N4O4. The van der Waals surface area contributed by atoms with Gasteiger partial charge in [0.1, 0.15) is 0 Å². The molecule has 1 aromatic carbocycles. The van der Waals surface area contributed by atoms with Gasteiger partial charge in [-0.2, -0.15) is 0 Å². The van der Waals surface area contributed by atoms with Gasteiger partial charge < -0.3 is 19.6 Å². The monoisotopic (exact) mass is 430 g/mol. The molecule has 0 amide bonds. The molecule has 0 atom stereocenters. The van der Waals surface area contributed by atoms with Crippen molar-refractivity contribution >= 4 is 11.4 Å². The Bertz CT molecular complexity index is 804. The van der Waals surface area contributed by atoms with Gasteiger partial charge in [-0.15, -0.1) is 0 Å². The molecule has 8 nitrogen and oxygen atoms in total. The highest BCUT2D eigenvalue weighted by Crippen LogP contribution is 2.36. The van der Waals surface area contributed by atoms with Gasteiger partial charge in [-0.3, -0.25) is 15.0 Å². The number of anilines is 1. The Kier molecular flexibility index (Phi) is 8.52. The molecule has 1 N–H and O–H groups in total. The summed E-state index contributed by atoms with van der Waals surface area (Å²) < 4.78 is 5.32. The molecule has 0 unspecified atom stereocenters. The summed E-state index contributed by atoms with van der Waals surface area (Å²) in [6.07, 6.45) is 4.33. The molecule has 31 heavy (non-hydrogen) atoms. The third-order valence-electron chi connectivity index (χ3n) is 6.29. The smallest absolute Gasteiger partial charge is 0.312 e. The molecule has 3 rings (SSSR count). The predicted molar refractivity (Wildman–Crippen MR) is 122 cm³/mol. The average molecular weight is 431 g/mol. The molecule has 1 aromatic rings. The largest absolute Gasteiger partial charge is 0.490 e. The van der Waals surface area contributed by atoms with E-state index in [0.29, 0.717) is 24.4 Å². The Hall–Kier alpha value is -2.34. The lowest BCUT2D eigenvalue weighted by molar-refractivity contribution is -0.385. The highest BCUT2D eigenvalue weighted by molar-refractivity contribution is 5.69. The molecule has 8 heteroatoms. The lowest BCUT2D eigenvalue weighted by atomic mass is 10.00. The van der Waals surface area contributed by atoms with Crippen LogP contribution in [0.4, 0.5) is 11.4 Å². The van der Waals surface area contributed by atoms with Crippen LogP contribution in [0.25, 0.3) is 0 Å². The maximum atomic E-state index is 11.5. The van der Waals surface area contributed by atoms with Gasteiger partial charge in [0.25, 0.3) is 0 Å². The second-order valence-electron chi connectivity index (χ2n) is 8.34. The third kappa shape index (κ3) is 6.10. The fourth-order valence-corrected chi connectivity index (χ4v) is 4.37. The quantitative estimate of drug-likeness (QED) is 0.308. The van der Waals surface area contributed by atoms with Crippen LogP contribution in [0.15, 0.2) is 12.1 Å². The van der Waals surface area contributed by atoms with Crippen LogP contribution in [-0.2, 0) is 0 Å². The van der Waals surface area contributed by atoms with Gasteiger partial charge >= 0.3 is 5.69 Å². The number of aliphatic hydroxyl groups excluding tert-OH is 1. The van der Waals surface area contributed by atoms with Gasteiger partial charge in [0.05, 0.1) is 23.3 Å². The van der Waals surface area contributed by atoms with Crippen molar-refractivity contribution in [3.8, 4) is 17.6 Å². The fourth-order valence-electron chi connectivity index (χ4n) is 4.37. The van der Waals surface area contributed by atoms with E-state index >= 15 is 0 Å². The highest BCUT2D eigenvalue weighted by Gasteiger charge is 2.29. The fraction of sp³-hybridized carbons (Fsp3) is 0.652. The van der Waals surface area contributed by atoms with Gasteiger partial charge in [0, 0.05) is 70.5 Å². The zero-order valence-electron chi connectivity index (χ0n) is 18.7. The summed E-state index contributed by atoms with van der Waals surface area (Å²) in [7, 11) is 3.64. The molecule has 0 radical (unpaired) electrons. The number of benzene rings is 1. The van der Waals surface area contributed by atoms with Crippen molar-refractivity contribution in [3.63, 3.8) is 0 Å². The molecule has 0 saturated carbocycles. The molecule has 0 bridgehead atoms. The maximum Gasteiger partial charge on any atom is 0.312 e. The molecule has 0 aromatic heterocycles. The Balaban J connectivity index is 1.76. The number of unbranched alkanes of at least 4 members (excludes halogenated alkanes) is 2. The van der Waals surface area contributed by atoms with Crippen molar-refractivity contribution in [2.45, 2.75) is 38.1 Å². The zero-order chi connectivity index (χ0) is 22.2. The maximum absolute atomic E-state index is 11.5. The number of nitro groups is 1. The first kappa shape index (κ1) is 23.3. The molecule has 2 fully saturated rings. The second kappa shape index (κ2) is 11.3. The van der Waals surface area contributed by atoms with Crippen molar-refractivity contribution in [1.82, 2.24) is 9.80 Å². The summed E-state index contributed by atoms with van der Waals surface area (Å²) in [6.45, 7) is 6.44. The topological polar surface area (TPSA) is 82.3 Å². The number of rotatable bonds is 7. The van der Waals surface area contributed by atoms with Crippen LogP contribution in [0, 0.1) is 22.0 Å². The molecule has 2 heterocycles. The first-order chi connectivity index (χ1) is 15.0. The van der Waals surface area contributed by atoms with E-state index in [4.69, 9.17) is 9.84 Å². The Morgan fingerprint density at radius 1 is 1.16 bits per heavy atom. The van der Waals surface area contributed by atoms with Crippen molar-refractivity contribution in [3.05, 3.63) is 27.8 Å². The number of hydrogen-bond acceptors (Lipinski definition) is 7. The number of piperazine rings is 1. The van der Waals surface area contributed by atoms with Crippen molar-refractivity contribution in [2.24, 2.45) is 0 Å². The van der Waals surface area contributed by atoms with E-state index in [1.807, 2.05) is 0 Å². The first-order valence-electron chi connectivity index (χ1n) is 11.2. The molecule has 2 saturated heterocycles. The van der Waals surface area contributed by atoms with Crippen LogP contribution < -0.4 is 9.64 Å². The lowest BCUT2D eigenvalue weighted by Gasteiger charge is -2.42. The molecule has 0 spiro atoms. The van der Waals surface area contributed by atoms with E-state index in [9.17, 15) is 10.1 Å². The number of nitro benzene ring substituents is 1. The SMILES string of the molecule is COc1cc(N2CCC(N3CCN(C)CC3)CC2)c(C#CCCCCO)cc1[N+](=O)[O-]. The number of aliphatic hydroxyl groups is 1. The Morgan fingerprint density at radius 2 is 1.87 bits per heavy atom. The summed E-state index contributed by atoms with van der Waals surface area (Å²) in [6, 6.07) is 3.91. The summed E-state index contributed by atoms with van der Waals surface area (Å²) in [4.78, 5) is 18.4. The minimum atomic E-state index is -0.417. The van der Waals surface area contributed by atoms with Gasteiger partial charge in [0.15, 0.2) is 5.75 Å². The van der Waals surface area contributed by atoms with E-state index in [0.717, 1.165) is 64.2 Å². The van der Waals surface area contributed by atoms with E-state index in [1.165, 1.54) is 7.11 Å². The van der Waals surface area contributed by atoms with Gasteiger partial charge in [-0.25, -0.2) is 0 Å². The standard InChI is InChI=1S/C23H34N4O4/c1-24-12-14-25(15-13-24)20-8-10-26(11-9-20)21-18-23(31-2)22(27(29)30)17-19(21)7-5-3-4-6-16-28/h17-18,20,28H,3-4,6,8-16H2,1-2H3. The summed E-state index contributed by atoms with van der Waals surface area (Å²) in [5.41, 5.74) is 1.53. The average Bonchev–Trinajstić information content (AvgIpc) is 2.79. The minimum Gasteiger partial charge on any atom is -0.490 e. The van der Waals surface area contributed by atoms with Crippen LogP contribution >= 0.6 is 0 Å². The molecule has 170 valence electrons. The van der Waals surface area contributed by atoms with Crippen LogP contribution in [-0.4, -0.2) is 85.9 Å². The van der Waals surface area contributed by atoms with E-state index in [-0.39, 0.29) is 18.0 Å². The van der Waals surface area contributed by atoms with Crippen LogP contribution in [0.1, 0.15) is 37.7 Å². The minimum absolute atomic E-state index is 0.0572. The predicted octanol–water partition coefficient (Wildman–Crippen LogP) is 2.33. The summed E-state index contributed by atoms with van der Waals surface area (Å²) in [5.74, 6) is 6.54. The van der Waals surface area contributed by atoms with Crippen LogP contribution in [0.5, 0.6) is 5.75 Å². The van der Waals surface area contributed by atoms with Gasteiger partial charge in [-0.1, -0.05) is 11.8 Å². The Labute approximate surface area is 184 Å². The van der Waals surface area contributed by atoms with E-state index in [1.54, 1.807) is 12.1 Å². The number of ether oxygens (including phenoxy) is 1. The summed E-state index contributed by atoms with van der Waals surface area (Å²) >= 11 is 0. The zero-order valence-corrected chi connectivity index (χ0v) is 18.7. The molecule has 2 aliphatic heterocycles. The van der Waals surface area contributed by atoms with E-state index < -0.39 is 4.92 Å². The Morgan fingerprint density at radius 3 is 2.48 bits per heavy atom. The third-order valence-corrected chi connectivity index (χ3v) is 6.29. The van der Waals surface area contributed by atoms with Gasteiger partial charge in [-0.05, 0) is 32.7 Å². The van der Waals surface area contributed by atoms with Crippen LogP contribution in [0.3, 0.4) is 0 Å². The number of methoxy groups -OCH3 is 1. The van der Waals surface area contributed by atoms with Crippen molar-refractivity contribution in [2.75, 3.05) is 64.9 Å². The lowest BCUT2D eigenvalue weighted by Crippen LogP contribution is -2.52. The normalized spacial score (nSPS) is 18.5. The van der Waals surface area contributed by atoms with Crippen molar-refractivity contribution < 1.29 is 14.8 Å². The number of nitrogens with zero attached hydrogens (tertiary/aromatic N) is 4. The van der Waals surface area contributed by atoms with E-state index in [2.05, 4.69) is 33.6 Å². The number of hydrogen-bond donors (Lipinski definition) is 1. The van der Waals surface area contributed by atoms with Crippen LogP contribution in [0.2, 0.25) is 0 Å². The first-order valence-corrected chi connectivity index (χ1v) is 11.2. The molecular weight excluding hydrogens is 396 g/mol. The van der Waals surface area contributed by atoms with Crippen molar-refractivity contribution in [1.29, 1.82) is 0 Å².